The van der Waals surface area contributed by atoms with E-state index in [2.05, 4.69) is 0 Å². The van der Waals surface area contributed by atoms with Crippen molar-refractivity contribution in [3.8, 4) is 0 Å². The zero-order chi connectivity index (χ0) is 13.1. The van der Waals surface area contributed by atoms with E-state index in [4.69, 9.17) is 74.3 Å². The summed E-state index contributed by atoms with van der Waals surface area (Å²) < 4.78 is 4.17. The van der Waals surface area contributed by atoms with Crippen LogP contribution in [-0.4, -0.2) is 26.3 Å². The Hall–Kier alpha value is 1.44. The van der Waals surface area contributed by atoms with Gasteiger partial charge in [-0.15, -0.1) is 23.2 Å². The molecule has 2 bridgehead atoms. The second-order valence-corrected chi connectivity index (χ2v) is 8.80. The van der Waals surface area contributed by atoms with Gasteiger partial charge in [0.2, 0.25) is 0 Å². The van der Waals surface area contributed by atoms with E-state index in [-0.39, 0.29) is 24.0 Å². The molecule has 3 aliphatic carbocycles. The summed E-state index contributed by atoms with van der Waals surface area (Å²) in [5.74, 6) is 0.0100. The molecule has 0 radical (unpaired) electrons. The summed E-state index contributed by atoms with van der Waals surface area (Å²) in [6, 6.07) is 0. The van der Waals surface area contributed by atoms with Gasteiger partial charge in [0.1, 0.15) is 9.75 Å². The predicted molar refractivity (Wildman–Crippen MR) is 75.2 cm³/mol. The van der Waals surface area contributed by atoms with E-state index in [9.17, 15) is 0 Å². The largest absolute Gasteiger partial charge is 0.370 e. The van der Waals surface area contributed by atoms with Crippen LogP contribution in [0.4, 0.5) is 0 Å². The van der Waals surface area contributed by atoms with E-state index in [1.807, 2.05) is 0 Å². The average molecular weight is 369 g/mol. The topological polar surface area (TPSA) is 12.5 Å². The normalized spacial score (nSPS) is 59.7. The maximum absolute atomic E-state index is 6.70. The molecule has 0 aromatic carbocycles. The first-order valence-corrected chi connectivity index (χ1v) is 8.00. The third-order valence-corrected chi connectivity index (χ3v) is 9.26. The van der Waals surface area contributed by atoms with Crippen molar-refractivity contribution >= 4 is 69.6 Å². The molecular weight excluding hydrogens is 361 g/mol. The molecule has 0 amide bonds. The van der Waals surface area contributed by atoms with Gasteiger partial charge in [0.05, 0.1) is 22.3 Å². The molecule has 18 heavy (non-hydrogen) atoms. The second-order valence-electron chi connectivity index (χ2n) is 5.52. The fourth-order valence-corrected chi connectivity index (χ4v) is 7.06. The Kier molecular flexibility index (Phi) is 2.50. The summed E-state index contributed by atoms with van der Waals surface area (Å²) in [6.07, 6.45) is 2.06. The summed E-state index contributed by atoms with van der Waals surface area (Å²) >= 11 is 38.9. The fourth-order valence-electron chi connectivity index (χ4n) is 3.95. The molecule has 0 unspecified atom stereocenters. The molecule has 1 saturated heterocycles. The summed E-state index contributed by atoms with van der Waals surface area (Å²) in [5.41, 5.74) is 0. The molecule has 1 heterocycles. The Morgan fingerprint density at radius 2 is 1.22 bits per heavy atom. The summed E-state index contributed by atoms with van der Waals surface area (Å²) in [4.78, 5) is -2.20. The molecule has 100 valence electrons. The lowest BCUT2D eigenvalue weighted by Gasteiger charge is -2.38. The molecular formula is C11H8Cl6O. The third kappa shape index (κ3) is 1.10. The maximum Gasteiger partial charge on any atom is 0.166 e. The number of rotatable bonds is 0. The fraction of sp³-hybridized carbons (Fsp3) is 0.818. The van der Waals surface area contributed by atoms with Crippen LogP contribution >= 0.6 is 69.6 Å². The van der Waals surface area contributed by atoms with E-state index in [1.165, 1.54) is 0 Å². The van der Waals surface area contributed by atoms with Crippen LogP contribution in [0, 0.1) is 11.8 Å². The number of hydrogen-bond donors (Lipinski definition) is 0. The molecule has 0 aromatic heterocycles. The minimum absolute atomic E-state index is 0.00502. The lowest BCUT2D eigenvalue weighted by Crippen LogP contribution is -2.44. The van der Waals surface area contributed by atoms with Crippen LogP contribution in [-0.2, 0) is 4.74 Å². The molecule has 1 aliphatic heterocycles. The van der Waals surface area contributed by atoms with Crippen molar-refractivity contribution in [1.29, 1.82) is 0 Å². The number of alkyl halides is 4. The Morgan fingerprint density at radius 3 is 1.61 bits per heavy atom. The van der Waals surface area contributed by atoms with Gasteiger partial charge in [-0.05, 0) is 24.7 Å². The van der Waals surface area contributed by atoms with Crippen LogP contribution in [0.25, 0.3) is 0 Å². The first-order valence-electron chi connectivity index (χ1n) is 5.73. The Labute approximate surface area is 135 Å². The van der Waals surface area contributed by atoms with Gasteiger partial charge in [0.15, 0.2) is 4.33 Å². The SMILES string of the molecule is ClC1=C(Cl)[C@]2(Cl)[C@@H]3C[C@H]4O[C@H]4C[C@@H]3[C@@]1(Cl)C2(Cl)Cl. The summed E-state index contributed by atoms with van der Waals surface area (Å²) in [6.45, 7) is 0. The van der Waals surface area contributed by atoms with Crippen molar-refractivity contribution in [2.24, 2.45) is 11.8 Å². The minimum Gasteiger partial charge on any atom is -0.370 e. The lowest BCUT2D eigenvalue weighted by molar-refractivity contribution is 0.261. The van der Waals surface area contributed by atoms with Crippen molar-refractivity contribution in [3.63, 3.8) is 0 Å². The molecule has 3 fully saturated rings. The zero-order valence-electron chi connectivity index (χ0n) is 8.90. The highest BCUT2D eigenvalue weighted by Crippen LogP contribution is 2.79. The van der Waals surface area contributed by atoms with Crippen LogP contribution in [0.15, 0.2) is 10.1 Å². The van der Waals surface area contributed by atoms with Crippen LogP contribution in [0.5, 0.6) is 0 Å². The highest BCUT2D eigenvalue weighted by molar-refractivity contribution is 6.65. The van der Waals surface area contributed by atoms with Gasteiger partial charge in [-0.3, -0.25) is 0 Å². The number of halogens is 6. The minimum atomic E-state index is -1.39. The molecule has 7 heteroatoms. The summed E-state index contributed by atoms with van der Waals surface area (Å²) in [5, 5.41) is 0.595. The molecule has 4 aliphatic rings. The van der Waals surface area contributed by atoms with Gasteiger partial charge in [-0.2, -0.15) is 0 Å². The van der Waals surface area contributed by atoms with Crippen molar-refractivity contribution in [1.82, 2.24) is 0 Å². The van der Waals surface area contributed by atoms with Crippen molar-refractivity contribution in [2.45, 2.75) is 39.1 Å². The number of hydrogen-bond acceptors (Lipinski definition) is 1. The van der Waals surface area contributed by atoms with Gasteiger partial charge >= 0.3 is 0 Å². The van der Waals surface area contributed by atoms with Crippen molar-refractivity contribution in [3.05, 3.63) is 10.1 Å². The van der Waals surface area contributed by atoms with Crippen LogP contribution in [0.2, 0.25) is 0 Å². The maximum atomic E-state index is 6.70. The van der Waals surface area contributed by atoms with Crippen LogP contribution < -0.4 is 0 Å². The molecule has 0 aromatic rings. The van der Waals surface area contributed by atoms with Gasteiger partial charge < -0.3 is 4.74 Å². The molecule has 2 saturated carbocycles. The lowest BCUT2D eigenvalue weighted by atomic mass is 9.73. The van der Waals surface area contributed by atoms with E-state index >= 15 is 0 Å². The van der Waals surface area contributed by atoms with Crippen molar-refractivity contribution < 1.29 is 4.74 Å². The molecule has 1 nitrogen and oxygen atoms in total. The monoisotopic (exact) mass is 366 g/mol. The van der Waals surface area contributed by atoms with Crippen molar-refractivity contribution in [2.75, 3.05) is 0 Å². The molecule has 4 rings (SSSR count). The smallest absolute Gasteiger partial charge is 0.166 e. The second kappa shape index (κ2) is 3.43. The zero-order valence-corrected chi connectivity index (χ0v) is 13.4. The van der Waals surface area contributed by atoms with Gasteiger partial charge in [-0.25, -0.2) is 0 Å². The Bertz CT molecular complexity index is 450. The van der Waals surface area contributed by atoms with Crippen LogP contribution in [0.3, 0.4) is 0 Å². The third-order valence-electron chi connectivity index (χ3n) is 4.91. The number of fused-ring (bicyclic) bond motifs is 6. The number of epoxide rings is 1. The summed E-state index contributed by atoms with van der Waals surface area (Å²) in [7, 11) is 0. The van der Waals surface area contributed by atoms with E-state index in [0.29, 0.717) is 10.1 Å². The number of ether oxygens (including phenoxy) is 1. The first-order chi connectivity index (χ1) is 8.26. The quantitative estimate of drug-likeness (QED) is 0.448. The van der Waals surface area contributed by atoms with Crippen LogP contribution in [0.1, 0.15) is 12.8 Å². The average Bonchev–Trinajstić information content (AvgIpc) is 3.05. The Morgan fingerprint density at radius 1 is 0.833 bits per heavy atom. The number of allylic oxidation sites excluding steroid dienone is 2. The Balaban J connectivity index is 1.94. The van der Waals surface area contributed by atoms with E-state index in [1.54, 1.807) is 0 Å². The van der Waals surface area contributed by atoms with E-state index in [0.717, 1.165) is 12.8 Å². The molecule has 0 N–H and O–H groups in total. The molecule has 6 atom stereocenters. The molecule has 0 spiro atoms. The first kappa shape index (κ1) is 13.1. The highest BCUT2D eigenvalue weighted by Gasteiger charge is 2.83. The predicted octanol–water partition coefficient (Wildman–Crippen LogP) is 4.63. The highest BCUT2D eigenvalue weighted by atomic mass is 35.5. The van der Waals surface area contributed by atoms with Gasteiger partial charge in [0.25, 0.3) is 0 Å². The standard InChI is InChI=1S/C11H8Cl6O/c12-7-8(13)10(15)4-2-6-5(18-6)1-3(4)9(7,14)11(10,16)17/h3-6H,1-2H2/t3-,4+,5-,6+,9-,10+. The van der Waals surface area contributed by atoms with Gasteiger partial charge in [0, 0.05) is 0 Å². The van der Waals surface area contributed by atoms with Gasteiger partial charge in [-0.1, -0.05) is 46.4 Å². The van der Waals surface area contributed by atoms with E-state index < -0.39 is 14.1 Å².